The first-order chi connectivity index (χ1) is 4.19. The molecule has 0 amide bonds. The molecule has 0 aromatic heterocycles. The lowest BCUT2D eigenvalue weighted by molar-refractivity contribution is -0.0559. The summed E-state index contributed by atoms with van der Waals surface area (Å²) in [6.07, 6.45) is 2.16. The van der Waals surface area contributed by atoms with Crippen LogP contribution in [0.4, 0.5) is 4.39 Å². The van der Waals surface area contributed by atoms with Gasteiger partial charge in [0.1, 0.15) is 18.4 Å². The monoisotopic (exact) mass is 168 g/mol. The number of aliphatic hydroxyl groups is 2. The summed E-state index contributed by atoms with van der Waals surface area (Å²) in [7, 11) is 0. The van der Waals surface area contributed by atoms with Gasteiger partial charge in [0, 0.05) is 0 Å². The molecule has 10 heavy (non-hydrogen) atoms. The zero-order valence-electron chi connectivity index (χ0n) is 5.33. The fourth-order valence-corrected chi connectivity index (χ4v) is 0.834. The third kappa shape index (κ3) is 1.48. The molecule has 0 aromatic carbocycles. The van der Waals surface area contributed by atoms with E-state index in [1.807, 2.05) is 0 Å². The Morgan fingerprint density at radius 2 is 2.30 bits per heavy atom. The first-order valence-electron chi connectivity index (χ1n) is 2.82. The lowest BCUT2D eigenvalue weighted by Crippen LogP contribution is -2.39. The van der Waals surface area contributed by atoms with Gasteiger partial charge >= 0.3 is 0 Å². The van der Waals surface area contributed by atoms with E-state index >= 15 is 0 Å². The minimum Gasteiger partial charge on any atom is -0.386 e. The highest BCUT2D eigenvalue weighted by molar-refractivity contribution is 5.85. The normalized spacial score (nSPS) is 37.7. The van der Waals surface area contributed by atoms with Crippen LogP contribution in [0.5, 0.6) is 0 Å². The molecule has 2 N–H and O–H groups in total. The lowest BCUT2D eigenvalue weighted by atomic mass is 10.0. The van der Waals surface area contributed by atoms with E-state index in [4.69, 9.17) is 10.2 Å². The van der Waals surface area contributed by atoms with Gasteiger partial charge in [0.05, 0.1) is 0 Å². The average molecular weight is 169 g/mol. The fourth-order valence-electron chi connectivity index (χ4n) is 0.834. The maximum Gasteiger partial charge on any atom is 0.126 e. The first-order valence-corrected chi connectivity index (χ1v) is 2.82. The van der Waals surface area contributed by atoms with Crippen LogP contribution in [0.3, 0.4) is 0 Å². The van der Waals surface area contributed by atoms with Crippen molar-refractivity contribution in [2.45, 2.75) is 18.1 Å². The third-order valence-corrected chi connectivity index (χ3v) is 1.57. The zero-order valence-corrected chi connectivity index (χ0v) is 6.14. The molecule has 0 aliphatic heterocycles. The Morgan fingerprint density at radius 1 is 1.70 bits per heavy atom. The highest BCUT2D eigenvalue weighted by Gasteiger charge is 2.36. The van der Waals surface area contributed by atoms with Crippen LogP contribution in [0.1, 0.15) is 6.42 Å². The Kier molecular flexibility index (Phi) is 3.28. The molecule has 60 valence electrons. The van der Waals surface area contributed by atoms with Gasteiger partial charge in [-0.3, -0.25) is 0 Å². The molecule has 2 atom stereocenters. The Morgan fingerprint density at radius 3 is 2.50 bits per heavy atom. The van der Waals surface area contributed by atoms with Crippen molar-refractivity contribution in [3.8, 4) is 0 Å². The van der Waals surface area contributed by atoms with Crippen molar-refractivity contribution >= 4 is 12.4 Å². The van der Waals surface area contributed by atoms with E-state index in [0.717, 1.165) is 0 Å². The summed E-state index contributed by atoms with van der Waals surface area (Å²) < 4.78 is 11.9. The van der Waals surface area contributed by atoms with Crippen molar-refractivity contribution in [3.05, 3.63) is 12.2 Å². The Hall–Kier alpha value is -0.120. The van der Waals surface area contributed by atoms with Crippen molar-refractivity contribution in [1.29, 1.82) is 0 Å². The zero-order chi connectivity index (χ0) is 6.91. The molecule has 0 saturated heterocycles. The van der Waals surface area contributed by atoms with Gasteiger partial charge in [0.15, 0.2) is 0 Å². The van der Waals surface area contributed by atoms with Gasteiger partial charge in [-0.25, -0.2) is 4.39 Å². The van der Waals surface area contributed by atoms with Crippen LogP contribution < -0.4 is 0 Å². The second kappa shape index (κ2) is 3.32. The summed E-state index contributed by atoms with van der Waals surface area (Å²) in [5.74, 6) is 0. The van der Waals surface area contributed by atoms with Crippen molar-refractivity contribution in [2.24, 2.45) is 0 Å². The van der Waals surface area contributed by atoms with Crippen LogP contribution in [0.25, 0.3) is 0 Å². The van der Waals surface area contributed by atoms with Crippen molar-refractivity contribution in [2.75, 3.05) is 6.67 Å². The molecular weight excluding hydrogens is 159 g/mol. The number of aliphatic hydroxyl groups excluding tert-OH is 1. The Balaban J connectivity index is 0.000000810. The largest absolute Gasteiger partial charge is 0.386 e. The van der Waals surface area contributed by atoms with E-state index in [1.165, 1.54) is 6.08 Å². The molecule has 0 saturated carbocycles. The van der Waals surface area contributed by atoms with Crippen LogP contribution >= 0.6 is 12.4 Å². The molecule has 1 aliphatic carbocycles. The Bertz CT molecular complexity index is 140. The van der Waals surface area contributed by atoms with Gasteiger partial charge in [-0.05, 0) is 6.42 Å². The Labute approximate surface area is 64.8 Å². The van der Waals surface area contributed by atoms with E-state index < -0.39 is 18.4 Å². The maximum atomic E-state index is 11.9. The molecule has 0 aromatic rings. The summed E-state index contributed by atoms with van der Waals surface area (Å²) in [5, 5.41) is 18.0. The lowest BCUT2D eigenvalue weighted by Gasteiger charge is -2.21. The molecule has 0 heterocycles. The molecule has 2 unspecified atom stereocenters. The standard InChI is InChI=1S/C6H9FO2.ClH/c7-4-6(9)3-1-2-5(6)8;/h1-2,5,8-9H,3-4H2;1H. The number of alkyl halides is 1. The molecule has 0 radical (unpaired) electrons. The van der Waals surface area contributed by atoms with Crippen LogP contribution in [0.15, 0.2) is 12.2 Å². The third-order valence-electron chi connectivity index (χ3n) is 1.57. The average Bonchev–Trinajstić information content (AvgIpc) is 2.15. The highest BCUT2D eigenvalue weighted by Crippen LogP contribution is 2.23. The van der Waals surface area contributed by atoms with Crippen LogP contribution in [0, 0.1) is 0 Å². The number of hydrogen-bond acceptors (Lipinski definition) is 2. The van der Waals surface area contributed by atoms with Crippen molar-refractivity contribution in [3.63, 3.8) is 0 Å². The molecule has 2 nitrogen and oxygen atoms in total. The molecule has 0 bridgehead atoms. The van der Waals surface area contributed by atoms with Crippen LogP contribution in [-0.4, -0.2) is 28.6 Å². The summed E-state index contributed by atoms with van der Waals surface area (Å²) in [5.41, 5.74) is -1.53. The fraction of sp³-hybridized carbons (Fsp3) is 0.667. The van der Waals surface area contributed by atoms with Crippen LogP contribution in [0.2, 0.25) is 0 Å². The van der Waals surface area contributed by atoms with E-state index in [9.17, 15) is 4.39 Å². The number of hydrogen-bond donors (Lipinski definition) is 2. The van der Waals surface area contributed by atoms with Gasteiger partial charge in [0.2, 0.25) is 0 Å². The minimum atomic E-state index is -1.53. The summed E-state index contributed by atoms with van der Waals surface area (Å²) in [6, 6.07) is 0. The predicted molar refractivity (Wildman–Crippen MR) is 37.9 cm³/mol. The topological polar surface area (TPSA) is 40.5 Å². The number of halogens is 2. The predicted octanol–water partition coefficient (Wildman–Crippen LogP) is 0.430. The van der Waals surface area contributed by atoms with E-state index in [1.54, 1.807) is 6.08 Å². The van der Waals surface area contributed by atoms with E-state index in [0.29, 0.717) is 0 Å². The smallest absolute Gasteiger partial charge is 0.126 e. The molecule has 4 heteroatoms. The molecule has 0 fully saturated rings. The summed E-state index contributed by atoms with van der Waals surface area (Å²) in [4.78, 5) is 0. The van der Waals surface area contributed by atoms with Gasteiger partial charge in [-0.15, -0.1) is 12.4 Å². The number of rotatable bonds is 1. The van der Waals surface area contributed by atoms with Gasteiger partial charge in [-0.1, -0.05) is 12.2 Å². The highest BCUT2D eigenvalue weighted by atomic mass is 35.5. The quantitative estimate of drug-likeness (QED) is 0.558. The SMILES string of the molecule is Cl.OC1C=CCC1(O)CF. The van der Waals surface area contributed by atoms with E-state index in [2.05, 4.69) is 0 Å². The summed E-state index contributed by atoms with van der Waals surface area (Å²) >= 11 is 0. The van der Waals surface area contributed by atoms with Gasteiger partial charge in [0.25, 0.3) is 0 Å². The molecular formula is C6H10ClFO2. The van der Waals surface area contributed by atoms with Crippen LogP contribution in [-0.2, 0) is 0 Å². The molecule has 1 rings (SSSR count). The second-order valence-corrected chi connectivity index (χ2v) is 2.31. The first kappa shape index (κ1) is 9.88. The van der Waals surface area contributed by atoms with Gasteiger partial charge in [-0.2, -0.15) is 0 Å². The van der Waals surface area contributed by atoms with Crippen molar-refractivity contribution in [1.82, 2.24) is 0 Å². The van der Waals surface area contributed by atoms with Gasteiger partial charge < -0.3 is 10.2 Å². The van der Waals surface area contributed by atoms with Crippen molar-refractivity contribution < 1.29 is 14.6 Å². The molecule has 1 aliphatic rings. The second-order valence-electron chi connectivity index (χ2n) is 2.31. The van der Waals surface area contributed by atoms with E-state index in [-0.39, 0.29) is 18.8 Å². The maximum absolute atomic E-state index is 11.9. The minimum absolute atomic E-state index is 0. The molecule has 0 spiro atoms. The summed E-state index contributed by atoms with van der Waals surface area (Å²) in [6.45, 7) is -0.888.